The number of benzene rings is 1. The number of hydrogen-bond acceptors (Lipinski definition) is 3. The zero-order valence-electron chi connectivity index (χ0n) is 10.4. The largest absolute Gasteiger partial charge is 0.333 e. The summed E-state index contributed by atoms with van der Waals surface area (Å²) in [6, 6.07) is 11.4. The molecule has 0 saturated heterocycles. The van der Waals surface area contributed by atoms with Gasteiger partial charge in [-0.2, -0.15) is 10.5 Å². The molecule has 0 aliphatic heterocycles. The number of amides is 1. The highest BCUT2D eigenvalue weighted by Crippen LogP contribution is 2.45. The molecule has 0 heterocycles. The van der Waals surface area contributed by atoms with Gasteiger partial charge in [0, 0.05) is 4.47 Å². The summed E-state index contributed by atoms with van der Waals surface area (Å²) in [6.45, 7) is 1.64. The smallest absolute Gasteiger partial charge is 0.241 e. The Morgan fingerprint density at radius 1 is 1.47 bits per heavy atom. The molecule has 1 atom stereocenters. The van der Waals surface area contributed by atoms with Gasteiger partial charge in [-0.05, 0) is 37.5 Å². The summed E-state index contributed by atoms with van der Waals surface area (Å²) in [7, 11) is 0. The molecular formula is C14H12BrN3O. The fourth-order valence-corrected chi connectivity index (χ4v) is 2.22. The van der Waals surface area contributed by atoms with Gasteiger partial charge in [-0.3, -0.25) is 4.79 Å². The third kappa shape index (κ3) is 2.47. The second-order valence-electron chi connectivity index (χ2n) is 4.90. The van der Waals surface area contributed by atoms with Crippen LogP contribution in [0.2, 0.25) is 0 Å². The molecule has 0 spiro atoms. The topological polar surface area (TPSA) is 76.7 Å². The monoisotopic (exact) mass is 317 g/mol. The van der Waals surface area contributed by atoms with E-state index in [9.17, 15) is 10.1 Å². The van der Waals surface area contributed by atoms with Gasteiger partial charge in [0.2, 0.25) is 5.91 Å². The summed E-state index contributed by atoms with van der Waals surface area (Å²) in [6.07, 6.45) is 1.13. The third-order valence-electron chi connectivity index (χ3n) is 3.39. The van der Waals surface area contributed by atoms with E-state index < -0.39 is 11.0 Å². The van der Waals surface area contributed by atoms with Crippen LogP contribution in [0.4, 0.5) is 0 Å². The molecule has 1 saturated carbocycles. The van der Waals surface area contributed by atoms with Crippen LogP contribution < -0.4 is 5.32 Å². The number of carbonyl (C=O) groups is 1. The molecule has 1 amide bonds. The van der Waals surface area contributed by atoms with Crippen molar-refractivity contribution in [1.82, 2.24) is 5.32 Å². The second kappa shape index (κ2) is 4.68. The fraction of sp³-hybridized carbons (Fsp3) is 0.357. The lowest BCUT2D eigenvalue weighted by atomic mass is 9.92. The van der Waals surface area contributed by atoms with Crippen molar-refractivity contribution in [2.45, 2.75) is 25.3 Å². The van der Waals surface area contributed by atoms with Crippen LogP contribution in [0.5, 0.6) is 0 Å². The van der Waals surface area contributed by atoms with Gasteiger partial charge >= 0.3 is 0 Å². The highest BCUT2D eigenvalue weighted by Gasteiger charge is 2.52. The minimum atomic E-state index is -1.13. The van der Waals surface area contributed by atoms with Gasteiger partial charge in [0.1, 0.15) is 11.0 Å². The molecule has 2 rings (SSSR count). The first-order valence-electron chi connectivity index (χ1n) is 5.87. The SMILES string of the molecule is CC(C#N)(NC(=O)C1(C#N)CC1)c1cccc(Br)c1. The standard InChI is InChI=1S/C14H12BrN3O/c1-13(8-16,10-3-2-4-11(15)7-10)18-12(19)14(9-17)5-6-14/h2-4,7H,5-6H2,1H3,(H,18,19). The molecule has 1 aromatic carbocycles. The number of rotatable bonds is 3. The zero-order valence-corrected chi connectivity index (χ0v) is 12.0. The summed E-state index contributed by atoms with van der Waals surface area (Å²) in [4.78, 5) is 12.1. The zero-order chi connectivity index (χ0) is 14.1. The molecule has 1 unspecified atom stereocenters. The first-order chi connectivity index (χ1) is 8.96. The van der Waals surface area contributed by atoms with Crippen LogP contribution in [0.15, 0.2) is 28.7 Å². The van der Waals surface area contributed by atoms with Crippen molar-refractivity contribution in [2.24, 2.45) is 5.41 Å². The van der Waals surface area contributed by atoms with Crippen LogP contribution in [0.25, 0.3) is 0 Å². The molecule has 0 aromatic heterocycles. The van der Waals surface area contributed by atoms with E-state index in [1.165, 1.54) is 0 Å². The van der Waals surface area contributed by atoms with Crippen molar-refractivity contribution in [3.8, 4) is 12.1 Å². The minimum Gasteiger partial charge on any atom is -0.333 e. The second-order valence-corrected chi connectivity index (χ2v) is 5.81. The number of halogens is 1. The van der Waals surface area contributed by atoms with Crippen LogP contribution in [0, 0.1) is 28.1 Å². The molecule has 4 nitrogen and oxygen atoms in total. The van der Waals surface area contributed by atoms with Crippen LogP contribution in [0.3, 0.4) is 0 Å². The molecular weight excluding hydrogens is 306 g/mol. The minimum absolute atomic E-state index is 0.362. The fourth-order valence-electron chi connectivity index (χ4n) is 1.83. The lowest BCUT2D eigenvalue weighted by Gasteiger charge is -2.25. The Balaban J connectivity index is 2.27. The normalized spacial score (nSPS) is 18.5. The Kier molecular flexibility index (Phi) is 3.34. The van der Waals surface area contributed by atoms with Gasteiger partial charge in [0.15, 0.2) is 0 Å². The van der Waals surface area contributed by atoms with Crippen molar-refractivity contribution in [3.63, 3.8) is 0 Å². The van der Waals surface area contributed by atoms with Crippen molar-refractivity contribution >= 4 is 21.8 Å². The third-order valence-corrected chi connectivity index (χ3v) is 3.88. The van der Waals surface area contributed by atoms with Gasteiger partial charge in [-0.15, -0.1) is 0 Å². The van der Waals surface area contributed by atoms with Crippen LogP contribution in [-0.2, 0) is 10.3 Å². The van der Waals surface area contributed by atoms with Gasteiger partial charge in [0.25, 0.3) is 0 Å². The van der Waals surface area contributed by atoms with Crippen molar-refractivity contribution in [2.75, 3.05) is 0 Å². The average molecular weight is 318 g/mol. The number of nitrogens with one attached hydrogen (secondary N) is 1. The lowest BCUT2D eigenvalue weighted by Crippen LogP contribution is -2.45. The van der Waals surface area contributed by atoms with E-state index in [2.05, 4.69) is 27.3 Å². The number of nitrogens with zero attached hydrogens (tertiary/aromatic N) is 2. The molecule has 5 heteroatoms. The van der Waals surface area contributed by atoms with E-state index in [0.29, 0.717) is 18.4 Å². The number of carbonyl (C=O) groups excluding carboxylic acids is 1. The molecule has 1 aliphatic carbocycles. The van der Waals surface area contributed by atoms with E-state index in [4.69, 9.17) is 5.26 Å². The van der Waals surface area contributed by atoms with E-state index in [-0.39, 0.29) is 5.91 Å². The van der Waals surface area contributed by atoms with E-state index in [1.54, 1.807) is 25.1 Å². The number of hydrogen-bond donors (Lipinski definition) is 1. The van der Waals surface area contributed by atoms with E-state index >= 15 is 0 Å². The molecule has 96 valence electrons. The molecule has 0 bridgehead atoms. The summed E-state index contributed by atoms with van der Waals surface area (Å²) in [5, 5.41) is 21.1. The van der Waals surface area contributed by atoms with Crippen molar-refractivity contribution < 1.29 is 4.79 Å². The molecule has 0 radical (unpaired) electrons. The quantitative estimate of drug-likeness (QED) is 0.930. The Morgan fingerprint density at radius 3 is 2.63 bits per heavy atom. The number of nitriles is 2. The van der Waals surface area contributed by atoms with Crippen LogP contribution in [0.1, 0.15) is 25.3 Å². The Morgan fingerprint density at radius 2 is 2.16 bits per heavy atom. The van der Waals surface area contributed by atoms with Crippen molar-refractivity contribution in [3.05, 3.63) is 34.3 Å². The Labute approximate surface area is 120 Å². The summed E-state index contributed by atoms with van der Waals surface area (Å²) >= 11 is 3.34. The Hall–Kier alpha value is -1.85. The lowest BCUT2D eigenvalue weighted by molar-refractivity contribution is -0.125. The molecule has 19 heavy (non-hydrogen) atoms. The maximum Gasteiger partial charge on any atom is 0.241 e. The first-order valence-corrected chi connectivity index (χ1v) is 6.66. The van der Waals surface area contributed by atoms with E-state index in [0.717, 1.165) is 4.47 Å². The molecule has 1 aliphatic rings. The van der Waals surface area contributed by atoms with Crippen molar-refractivity contribution in [1.29, 1.82) is 10.5 Å². The van der Waals surface area contributed by atoms with Gasteiger partial charge in [-0.1, -0.05) is 28.1 Å². The van der Waals surface area contributed by atoms with Gasteiger partial charge < -0.3 is 5.32 Å². The van der Waals surface area contributed by atoms with Crippen LogP contribution >= 0.6 is 15.9 Å². The highest BCUT2D eigenvalue weighted by molar-refractivity contribution is 9.10. The summed E-state index contributed by atoms with van der Waals surface area (Å²) in [5.74, 6) is -0.362. The summed E-state index contributed by atoms with van der Waals surface area (Å²) < 4.78 is 0.835. The maximum atomic E-state index is 12.1. The van der Waals surface area contributed by atoms with Gasteiger partial charge in [-0.25, -0.2) is 0 Å². The van der Waals surface area contributed by atoms with E-state index in [1.807, 2.05) is 12.1 Å². The molecule has 1 N–H and O–H groups in total. The molecule has 1 fully saturated rings. The first kappa shape index (κ1) is 13.6. The summed E-state index contributed by atoms with van der Waals surface area (Å²) in [5.41, 5.74) is -1.37. The Bertz CT molecular complexity index is 610. The predicted molar refractivity (Wildman–Crippen MR) is 72.5 cm³/mol. The molecule has 1 aromatic rings. The predicted octanol–water partition coefficient (Wildman–Crippen LogP) is 2.61. The van der Waals surface area contributed by atoms with Crippen LogP contribution in [-0.4, -0.2) is 5.91 Å². The van der Waals surface area contributed by atoms with Gasteiger partial charge in [0.05, 0.1) is 12.1 Å². The maximum absolute atomic E-state index is 12.1. The average Bonchev–Trinajstić information content (AvgIpc) is 3.19. The highest BCUT2D eigenvalue weighted by atomic mass is 79.9.